The number of phenolic OH excluding ortho intramolecular Hbond substituents is 3. The van der Waals surface area contributed by atoms with Crippen LogP contribution < -0.4 is 79.0 Å². The molecule has 18 atom stereocenters. The molecular formula is C81H87Cl4N13O26. The highest BCUT2D eigenvalue weighted by Crippen LogP contribution is 2.50. The van der Waals surface area contributed by atoms with Gasteiger partial charge in [0, 0.05) is 63.8 Å². The fraction of sp³-hybridized carbons (Fsp3) is 0.370. The lowest BCUT2D eigenvalue weighted by Crippen LogP contribution is -2.65. The van der Waals surface area contributed by atoms with Gasteiger partial charge in [-0.15, -0.1) is 0 Å². The van der Waals surface area contributed by atoms with Crippen LogP contribution >= 0.6 is 46.4 Å². The zero-order chi connectivity index (χ0) is 89.8. The number of aromatic hydroxyl groups is 3. The highest BCUT2D eigenvalue weighted by Gasteiger charge is 2.52. The molecule has 10 amide bonds. The number of hydroxylamine groups is 1. The maximum Gasteiger partial charge on any atom is 0.270 e. The van der Waals surface area contributed by atoms with Crippen LogP contribution in [0.4, 0.5) is 5.69 Å². The zero-order valence-electron chi connectivity index (χ0n) is 66.2. The van der Waals surface area contributed by atoms with Crippen LogP contribution in [0.25, 0.3) is 11.1 Å². The van der Waals surface area contributed by atoms with Crippen LogP contribution in [0, 0.1) is 5.92 Å². The number of ether oxygens (including phenoxy) is 6. The van der Waals surface area contributed by atoms with E-state index in [0.29, 0.717) is 11.3 Å². The molecule has 6 aromatic carbocycles. The molecule has 7 aliphatic rings. The first-order chi connectivity index (χ1) is 58.8. The first-order valence-corrected chi connectivity index (χ1v) is 39.9. The molecule has 2 saturated heterocycles. The molecule has 39 nitrogen and oxygen atoms in total. The van der Waals surface area contributed by atoms with Crippen LogP contribution in [0.3, 0.4) is 0 Å². The Balaban J connectivity index is 1.03. The fourth-order valence-electron chi connectivity index (χ4n) is 14.7. The van der Waals surface area contributed by atoms with E-state index in [0.717, 1.165) is 66.7 Å². The number of aliphatic hydroxyl groups excluding tert-OH is 6. The van der Waals surface area contributed by atoms with E-state index in [4.69, 9.17) is 91.1 Å². The molecule has 11 bridgehead atoms. The summed E-state index contributed by atoms with van der Waals surface area (Å²) in [4.78, 5) is 155. The average Bonchev–Trinajstić information content (AvgIpc) is 0.777. The highest BCUT2D eigenvalue weighted by molar-refractivity contribution is 6.35. The summed E-state index contributed by atoms with van der Waals surface area (Å²) in [5, 5.41) is 130. The van der Waals surface area contributed by atoms with E-state index in [-0.39, 0.29) is 57.8 Å². The number of primary amides is 2. The number of fused-ring (bicyclic) bond motifs is 15. The molecule has 43 heteroatoms. The van der Waals surface area contributed by atoms with Gasteiger partial charge in [-0.2, -0.15) is 0 Å². The number of pyridine rings is 1. The topological polar surface area (TPSA) is 603 Å². The van der Waals surface area contributed by atoms with Crippen molar-refractivity contribution in [2.45, 2.75) is 163 Å². The summed E-state index contributed by atoms with van der Waals surface area (Å²) in [7, 11) is 1.46. The van der Waals surface area contributed by atoms with Gasteiger partial charge >= 0.3 is 0 Å². The lowest BCUT2D eigenvalue weighted by molar-refractivity contribution is -0.334. The van der Waals surface area contributed by atoms with Crippen LogP contribution in [0.2, 0.25) is 20.1 Å². The molecule has 0 spiro atoms. The van der Waals surface area contributed by atoms with Crippen LogP contribution in [-0.4, -0.2) is 209 Å². The standard InChI is InChI=1S/C81H87Cl4N13O26/c1-31(2)12-47(88-5)73(111)96-63-65(105)35-7-10-51(45(84)15-35)120-53-17-37-18-54(69(53)124-80-70(68(108)67(107)55(29-99)122-80)123-58-25-81(4,71(109)32(3)119-58)90-27-33-13-38(28-89-26-33)72(110)91-41-20-39(82)19-40(83)21-41)121-52-11-8-36(16-46(52)85)66(106)64-78(116)95-62(79(117)98-118-30-57(87)104)44-22-42(100)23-50(102)59(44)43-14-34(6-9-49(43)101)60(75(113)97-64)94-76(114)61(37)93-74(112)48(24-56(86)103)92-77(63)115/h6-11,13-23,26,28,31-32,47-48,55,58,60-68,70-71,80,88,90,99-102,105-109H,12,24-25,27,29-30H2,1-5H3,(H2,86,103)(H2,87,104)(H,91,110)(H,92,115)(H,93,112)(H,94,114)(H,95,116)(H,96,111)(H,97,113)(H,98,117)/t32?,47?,48?,55?,58?,60?,61?,62-,63?,64?,65?,66?,67?,68?,70?,71?,80?,81-/m1/s1. The molecule has 2 fully saturated rings. The molecule has 0 saturated carbocycles. The molecule has 16 unspecified atom stereocenters. The predicted molar refractivity (Wildman–Crippen MR) is 436 cm³/mol. The minimum absolute atomic E-state index is 0.0575. The van der Waals surface area contributed by atoms with Crippen molar-refractivity contribution in [1.29, 1.82) is 0 Å². The maximum absolute atomic E-state index is 16.3. The van der Waals surface area contributed by atoms with E-state index in [2.05, 4.69) is 52.8 Å². The van der Waals surface area contributed by atoms with Gasteiger partial charge in [-0.3, -0.25) is 57.8 Å². The molecule has 7 aliphatic heterocycles. The Kier molecular flexibility index (Phi) is 28.8. The van der Waals surface area contributed by atoms with Crippen molar-refractivity contribution >= 4 is 111 Å². The van der Waals surface area contributed by atoms with E-state index in [1.54, 1.807) is 20.8 Å². The van der Waals surface area contributed by atoms with Crippen LogP contribution in [0.5, 0.6) is 46.0 Å². The smallest absolute Gasteiger partial charge is 0.270 e. The minimum atomic E-state index is -2.41. The second kappa shape index (κ2) is 38.8. The van der Waals surface area contributed by atoms with E-state index in [1.807, 2.05) is 5.48 Å². The number of phenols is 3. The van der Waals surface area contributed by atoms with Gasteiger partial charge in [0.2, 0.25) is 59.3 Å². The van der Waals surface area contributed by atoms with Gasteiger partial charge < -0.3 is 134 Å². The number of benzene rings is 6. The second-order valence-electron chi connectivity index (χ2n) is 30.6. The number of aliphatic hydroxyl groups is 6. The van der Waals surface area contributed by atoms with Gasteiger partial charge in [0.25, 0.3) is 11.8 Å². The molecule has 14 rings (SSSR count). The zero-order valence-corrected chi connectivity index (χ0v) is 69.2. The number of likely N-dealkylation sites (N-methyl/N-ethyl adjacent to an activating group) is 1. The van der Waals surface area contributed by atoms with Crippen LogP contribution in [-0.2, 0) is 68.7 Å². The number of carbonyl (C=O) groups is 10. The van der Waals surface area contributed by atoms with Crippen molar-refractivity contribution in [2.75, 3.05) is 25.6 Å². The number of hydrogen-bond donors (Lipinski definition) is 21. The third kappa shape index (κ3) is 20.8. The van der Waals surface area contributed by atoms with E-state index in [9.17, 15) is 69.9 Å². The summed E-state index contributed by atoms with van der Waals surface area (Å²) >= 11 is 26.7. The molecule has 660 valence electrons. The number of halogens is 4. The van der Waals surface area contributed by atoms with Crippen molar-refractivity contribution in [3.05, 3.63) is 175 Å². The average molecular weight is 1800 g/mol. The largest absolute Gasteiger partial charge is 0.508 e. The Hall–Kier alpha value is -11.4. The summed E-state index contributed by atoms with van der Waals surface area (Å²) in [6, 6.07) is 4.89. The summed E-state index contributed by atoms with van der Waals surface area (Å²) < 4.78 is 39.5. The van der Waals surface area contributed by atoms with E-state index < -0.39 is 266 Å². The SMILES string of the molecule is CNC(CC(C)C)C(=O)NC1C(=O)NC(CC(N)=O)C(=O)NC2C(=O)NC3C(=O)NC(C(=O)N[C@@H](C(=O)NOCC(N)=O)c4cc(O)cc(O)c4-c4cc3ccc4O)C(O)c3ccc(c(Cl)c3)Oc3cc2cc(c3OC2OC(CO)C(O)C(O)C2OC2C[C@@](C)(NCc3cncc(C(=O)Nc4cc(Cl)cc(Cl)c4)c3)C(O)C(C)O2)Oc2ccc(cc2Cl)C1O. The van der Waals surface area contributed by atoms with Gasteiger partial charge in [-0.25, -0.2) is 5.48 Å². The van der Waals surface area contributed by atoms with E-state index >= 15 is 24.0 Å². The van der Waals surface area contributed by atoms with Crippen molar-refractivity contribution in [3.63, 3.8) is 0 Å². The molecule has 0 aliphatic carbocycles. The number of aromatic nitrogens is 1. The number of carbonyl (C=O) groups excluding carboxylic acids is 10. The lowest BCUT2D eigenvalue weighted by atomic mass is 9.84. The van der Waals surface area contributed by atoms with Gasteiger partial charge in [-0.05, 0) is 145 Å². The number of nitrogens with two attached hydrogens (primary N) is 2. The number of hydrogen-bond acceptors (Lipinski definition) is 29. The number of amides is 10. The fourth-order valence-corrected chi connectivity index (χ4v) is 15.7. The Morgan fingerprint density at radius 3 is 1.94 bits per heavy atom. The van der Waals surface area contributed by atoms with Gasteiger partial charge in [0.1, 0.15) is 95.5 Å². The van der Waals surface area contributed by atoms with Gasteiger partial charge in [0.05, 0.1) is 46.9 Å². The summed E-state index contributed by atoms with van der Waals surface area (Å²) in [5.74, 6) is -17.8. The van der Waals surface area contributed by atoms with Crippen LogP contribution in [0.15, 0.2) is 116 Å². The van der Waals surface area contributed by atoms with Crippen molar-refractivity contribution in [3.8, 4) is 57.1 Å². The minimum Gasteiger partial charge on any atom is -0.508 e. The molecular weight excluding hydrogens is 1710 g/mol. The number of nitrogens with one attached hydrogen (secondary N) is 10. The summed E-state index contributed by atoms with van der Waals surface area (Å²) in [6.07, 6.45) is -16.8. The predicted octanol–water partition coefficient (Wildman–Crippen LogP) is 2.34. The van der Waals surface area contributed by atoms with E-state index in [1.165, 1.54) is 62.8 Å². The Morgan fingerprint density at radius 1 is 0.677 bits per heavy atom. The van der Waals surface area contributed by atoms with Crippen LogP contribution in [0.1, 0.15) is 121 Å². The number of rotatable bonds is 21. The van der Waals surface area contributed by atoms with Crippen molar-refractivity contribution < 1.29 is 127 Å². The first-order valence-electron chi connectivity index (χ1n) is 38.4. The van der Waals surface area contributed by atoms with Crippen molar-refractivity contribution in [2.24, 2.45) is 17.4 Å². The summed E-state index contributed by atoms with van der Waals surface area (Å²) in [5.41, 5.74) is 9.42. The molecule has 7 aromatic rings. The lowest BCUT2D eigenvalue weighted by Gasteiger charge is -2.48. The Bertz CT molecular complexity index is 5290. The second-order valence-corrected chi connectivity index (χ2v) is 32.2. The molecule has 8 heterocycles. The van der Waals surface area contributed by atoms with Crippen molar-refractivity contribution in [1.82, 2.24) is 53.0 Å². The van der Waals surface area contributed by atoms with Gasteiger partial charge in [0.15, 0.2) is 30.5 Å². The monoisotopic (exact) mass is 1800 g/mol. The molecule has 124 heavy (non-hydrogen) atoms. The molecule has 1 aromatic heterocycles. The third-order valence-corrected chi connectivity index (χ3v) is 22.0. The highest BCUT2D eigenvalue weighted by atomic mass is 35.5. The van der Waals surface area contributed by atoms with Gasteiger partial charge in [-0.1, -0.05) is 78.5 Å². The molecule has 23 N–H and O–H groups in total. The Labute approximate surface area is 724 Å². The maximum atomic E-state index is 16.3. The first kappa shape index (κ1) is 91.8. The number of nitrogens with zero attached hydrogens (tertiary/aromatic N) is 1. The molecule has 0 radical (unpaired) electrons. The normalized spacial score (nSPS) is 26.0. The quantitative estimate of drug-likeness (QED) is 0.0459. The number of anilines is 1. The summed E-state index contributed by atoms with van der Waals surface area (Å²) in [6.45, 7) is 4.70. The Morgan fingerprint density at radius 2 is 1.31 bits per heavy atom. The third-order valence-electron chi connectivity index (χ3n) is 21.0.